The maximum absolute atomic E-state index is 9.58. The highest BCUT2D eigenvalue weighted by Crippen LogP contribution is 1.97. The number of hydrogen-bond donors (Lipinski definition) is 2. The molecule has 0 aromatic heterocycles. The van der Waals surface area contributed by atoms with Crippen LogP contribution in [0.5, 0.6) is 0 Å². The zero-order chi connectivity index (χ0) is 12.8. The van der Waals surface area contributed by atoms with Crippen molar-refractivity contribution in [1.29, 1.82) is 0 Å². The molecule has 0 bridgehead atoms. The molecule has 5 heteroatoms. The molecule has 0 aliphatic heterocycles. The summed E-state index contributed by atoms with van der Waals surface area (Å²) in [5, 5.41) is 12.8. The highest BCUT2D eigenvalue weighted by Gasteiger charge is 2.02. The standard InChI is InChI=1S/C12H27NO3S/c1-3-15-7-8-16-11-12(14)10-13-6-4-5-9-17-2/h12-14H,3-11H2,1-2H3. The van der Waals surface area contributed by atoms with Gasteiger partial charge in [-0.15, -0.1) is 0 Å². The SMILES string of the molecule is CCOCCOCC(O)CNCCCCSC. The van der Waals surface area contributed by atoms with Gasteiger partial charge >= 0.3 is 0 Å². The monoisotopic (exact) mass is 265 g/mol. The van der Waals surface area contributed by atoms with Crippen LogP contribution in [0.15, 0.2) is 0 Å². The van der Waals surface area contributed by atoms with Crippen LogP contribution in [-0.2, 0) is 9.47 Å². The summed E-state index contributed by atoms with van der Waals surface area (Å²) >= 11 is 1.87. The highest BCUT2D eigenvalue weighted by atomic mass is 32.2. The van der Waals surface area contributed by atoms with Crippen LogP contribution in [0.3, 0.4) is 0 Å². The number of aliphatic hydroxyl groups excluding tert-OH is 1. The zero-order valence-corrected chi connectivity index (χ0v) is 11.9. The molecule has 0 saturated heterocycles. The van der Waals surface area contributed by atoms with Crippen molar-refractivity contribution < 1.29 is 14.6 Å². The van der Waals surface area contributed by atoms with Crippen LogP contribution in [-0.4, -0.2) is 62.7 Å². The molecule has 0 aliphatic carbocycles. The molecule has 0 spiro atoms. The zero-order valence-electron chi connectivity index (χ0n) is 11.1. The Morgan fingerprint density at radius 1 is 1.24 bits per heavy atom. The van der Waals surface area contributed by atoms with E-state index in [2.05, 4.69) is 11.6 Å². The van der Waals surface area contributed by atoms with Crippen LogP contribution in [0.2, 0.25) is 0 Å². The molecule has 0 saturated carbocycles. The average molecular weight is 265 g/mol. The fourth-order valence-electron chi connectivity index (χ4n) is 1.31. The third-order valence-electron chi connectivity index (χ3n) is 2.22. The summed E-state index contributed by atoms with van der Waals surface area (Å²) in [4.78, 5) is 0. The second-order valence-electron chi connectivity index (χ2n) is 3.83. The van der Waals surface area contributed by atoms with Crippen molar-refractivity contribution in [2.75, 3.05) is 51.5 Å². The van der Waals surface area contributed by atoms with E-state index in [9.17, 15) is 5.11 Å². The number of nitrogens with one attached hydrogen (secondary N) is 1. The van der Waals surface area contributed by atoms with Crippen molar-refractivity contribution >= 4 is 11.8 Å². The lowest BCUT2D eigenvalue weighted by Gasteiger charge is -2.12. The normalized spacial score (nSPS) is 12.9. The molecule has 0 aliphatic rings. The molecule has 1 atom stereocenters. The fraction of sp³-hybridized carbons (Fsp3) is 1.00. The Balaban J connectivity index is 3.09. The van der Waals surface area contributed by atoms with Crippen LogP contribution < -0.4 is 5.32 Å². The minimum atomic E-state index is -0.419. The Labute approximate surface area is 109 Å². The quantitative estimate of drug-likeness (QED) is 0.489. The second kappa shape index (κ2) is 14.3. The Bertz CT molecular complexity index is 150. The lowest BCUT2D eigenvalue weighted by molar-refractivity contribution is 0.00656. The minimum Gasteiger partial charge on any atom is -0.389 e. The number of rotatable bonds is 13. The molecule has 17 heavy (non-hydrogen) atoms. The van der Waals surface area contributed by atoms with Crippen molar-refractivity contribution in [2.45, 2.75) is 25.9 Å². The molecule has 0 aromatic carbocycles. The van der Waals surface area contributed by atoms with E-state index in [1.54, 1.807) is 0 Å². The van der Waals surface area contributed by atoms with Gasteiger partial charge in [0.05, 0.1) is 25.9 Å². The minimum absolute atomic E-state index is 0.380. The molecule has 2 N–H and O–H groups in total. The number of unbranched alkanes of at least 4 members (excludes halogenated alkanes) is 1. The number of aliphatic hydroxyl groups is 1. The van der Waals surface area contributed by atoms with Crippen LogP contribution in [0, 0.1) is 0 Å². The van der Waals surface area contributed by atoms with Gasteiger partial charge in [-0.2, -0.15) is 11.8 Å². The molecular weight excluding hydrogens is 238 g/mol. The van der Waals surface area contributed by atoms with Gasteiger partial charge in [0.15, 0.2) is 0 Å². The van der Waals surface area contributed by atoms with Gasteiger partial charge in [-0.05, 0) is 38.3 Å². The van der Waals surface area contributed by atoms with E-state index in [-0.39, 0.29) is 0 Å². The molecule has 0 aromatic rings. The van der Waals surface area contributed by atoms with E-state index < -0.39 is 6.10 Å². The van der Waals surface area contributed by atoms with Gasteiger partial charge in [-0.3, -0.25) is 0 Å². The van der Waals surface area contributed by atoms with Crippen molar-refractivity contribution in [1.82, 2.24) is 5.32 Å². The molecular formula is C12H27NO3S. The molecule has 1 unspecified atom stereocenters. The first-order valence-corrected chi connectivity index (χ1v) is 7.73. The second-order valence-corrected chi connectivity index (χ2v) is 4.82. The lowest BCUT2D eigenvalue weighted by atomic mass is 10.3. The maximum Gasteiger partial charge on any atom is 0.0897 e. The third-order valence-corrected chi connectivity index (χ3v) is 2.92. The summed E-state index contributed by atoms with van der Waals surface area (Å²) in [7, 11) is 0. The lowest BCUT2D eigenvalue weighted by Crippen LogP contribution is -2.31. The predicted molar refractivity (Wildman–Crippen MR) is 73.8 cm³/mol. The smallest absolute Gasteiger partial charge is 0.0897 e. The maximum atomic E-state index is 9.58. The summed E-state index contributed by atoms with van der Waals surface area (Å²) in [6, 6.07) is 0. The van der Waals surface area contributed by atoms with Gasteiger partial charge in [0.2, 0.25) is 0 Å². The average Bonchev–Trinajstić information content (AvgIpc) is 2.33. The number of thioether (sulfide) groups is 1. The Hall–Kier alpha value is 0.190. The van der Waals surface area contributed by atoms with E-state index in [0.717, 1.165) is 6.54 Å². The van der Waals surface area contributed by atoms with E-state index in [1.165, 1.54) is 18.6 Å². The van der Waals surface area contributed by atoms with Crippen molar-refractivity contribution in [2.24, 2.45) is 0 Å². The van der Waals surface area contributed by atoms with Gasteiger partial charge in [0.25, 0.3) is 0 Å². The van der Waals surface area contributed by atoms with Crippen LogP contribution in [0.4, 0.5) is 0 Å². The highest BCUT2D eigenvalue weighted by molar-refractivity contribution is 7.98. The molecule has 0 heterocycles. The molecule has 104 valence electrons. The van der Waals surface area contributed by atoms with E-state index in [1.807, 2.05) is 18.7 Å². The molecule has 0 fully saturated rings. The van der Waals surface area contributed by atoms with Crippen molar-refractivity contribution in [3.8, 4) is 0 Å². The van der Waals surface area contributed by atoms with Crippen LogP contribution in [0.25, 0.3) is 0 Å². The van der Waals surface area contributed by atoms with Gasteiger partial charge < -0.3 is 19.9 Å². The van der Waals surface area contributed by atoms with E-state index in [0.29, 0.717) is 33.0 Å². The van der Waals surface area contributed by atoms with Crippen molar-refractivity contribution in [3.05, 3.63) is 0 Å². The predicted octanol–water partition coefficient (Wildman–Crippen LogP) is 1.13. The van der Waals surface area contributed by atoms with Gasteiger partial charge in [0.1, 0.15) is 0 Å². The summed E-state index contributed by atoms with van der Waals surface area (Å²) in [6.45, 7) is 5.78. The van der Waals surface area contributed by atoms with E-state index in [4.69, 9.17) is 9.47 Å². The molecule has 0 radical (unpaired) electrons. The third kappa shape index (κ3) is 14.1. The molecule has 0 amide bonds. The Kier molecular flexibility index (Phi) is 14.4. The van der Waals surface area contributed by atoms with Gasteiger partial charge in [0, 0.05) is 13.2 Å². The van der Waals surface area contributed by atoms with Gasteiger partial charge in [-0.25, -0.2) is 0 Å². The molecule has 4 nitrogen and oxygen atoms in total. The summed E-state index contributed by atoms with van der Waals surface area (Å²) in [5.41, 5.74) is 0. The Morgan fingerprint density at radius 2 is 2.00 bits per heavy atom. The van der Waals surface area contributed by atoms with Crippen LogP contribution >= 0.6 is 11.8 Å². The largest absolute Gasteiger partial charge is 0.389 e. The van der Waals surface area contributed by atoms with E-state index >= 15 is 0 Å². The number of hydrogen-bond acceptors (Lipinski definition) is 5. The van der Waals surface area contributed by atoms with Crippen LogP contribution in [0.1, 0.15) is 19.8 Å². The first-order valence-electron chi connectivity index (χ1n) is 6.34. The first kappa shape index (κ1) is 17.2. The summed E-state index contributed by atoms with van der Waals surface area (Å²) in [6.07, 6.45) is 4.10. The molecule has 0 rings (SSSR count). The Morgan fingerprint density at radius 3 is 2.71 bits per heavy atom. The topological polar surface area (TPSA) is 50.7 Å². The van der Waals surface area contributed by atoms with Crippen molar-refractivity contribution in [3.63, 3.8) is 0 Å². The summed E-state index contributed by atoms with van der Waals surface area (Å²) in [5.74, 6) is 1.21. The fourth-order valence-corrected chi connectivity index (χ4v) is 1.80. The number of ether oxygens (including phenoxy) is 2. The first-order chi connectivity index (χ1) is 8.31. The summed E-state index contributed by atoms with van der Waals surface area (Å²) < 4.78 is 10.4. The van der Waals surface area contributed by atoms with Gasteiger partial charge in [-0.1, -0.05) is 0 Å².